The van der Waals surface area contributed by atoms with Gasteiger partial charge in [0, 0.05) is 0 Å². The molecule has 0 radical (unpaired) electrons. The normalized spacial score (nSPS) is 14.4. The Hall–Kier alpha value is -0.511. The summed E-state index contributed by atoms with van der Waals surface area (Å²) in [4.78, 5) is 10.7. The predicted octanol–water partition coefficient (Wildman–Crippen LogP) is 7.54. The summed E-state index contributed by atoms with van der Waals surface area (Å²) < 4.78 is 7.19. The van der Waals surface area contributed by atoms with Crippen molar-refractivity contribution in [1.29, 1.82) is 0 Å². The van der Waals surface area contributed by atoms with Crippen molar-refractivity contribution in [3.63, 3.8) is 0 Å². The Morgan fingerprint density at radius 1 is 1.00 bits per heavy atom. The first kappa shape index (κ1) is 25.5. The summed E-state index contributed by atoms with van der Waals surface area (Å²) >= 11 is -2.18. The molecule has 0 bridgehead atoms. The van der Waals surface area contributed by atoms with Gasteiger partial charge < -0.3 is 0 Å². The quantitative estimate of drug-likeness (QED) is 0.199. The molecule has 0 spiro atoms. The molecule has 0 aliphatic rings. The number of rotatable bonds is 15. The van der Waals surface area contributed by atoms with Gasteiger partial charge in [-0.3, -0.25) is 0 Å². The van der Waals surface area contributed by atoms with Gasteiger partial charge in [-0.2, -0.15) is 0 Å². The van der Waals surface area contributed by atoms with Gasteiger partial charge in [0.1, 0.15) is 0 Å². The molecule has 0 saturated heterocycles. The zero-order valence-electron chi connectivity index (χ0n) is 17.9. The van der Waals surface area contributed by atoms with Crippen molar-refractivity contribution in [2.24, 2.45) is 5.92 Å². The number of unbranched alkanes of at least 4 members (excludes halogenated alkanes) is 3. The molecule has 0 aromatic heterocycles. The number of carboxylic acids is 1. The number of carboxylic acid groups (broad SMARTS) is 1. The van der Waals surface area contributed by atoms with Crippen LogP contribution in [0.2, 0.25) is 13.3 Å². The molecule has 0 aliphatic heterocycles. The molecule has 0 fully saturated rings. The fraction of sp³-hybridized carbons (Fsp3) is 0.696. The summed E-state index contributed by atoms with van der Waals surface area (Å²) in [5.41, 5.74) is 1.29. The van der Waals surface area contributed by atoms with Crippen LogP contribution in [0.15, 0.2) is 34.0 Å². The summed E-state index contributed by atoms with van der Waals surface area (Å²) in [6.07, 6.45) is 16.8. The van der Waals surface area contributed by atoms with E-state index >= 15 is 0 Å². The Bertz CT molecular complexity index is 441. The van der Waals surface area contributed by atoms with E-state index < -0.39 is 24.3 Å². The number of aliphatic carboxylic acids is 1. The SMILES string of the molecule is CCC[CH2][Sn](/[CH]=C/C(C)=C\C=C/C(C)CC(=O)O)([CH2]CCC)[CH2]CCC. The van der Waals surface area contributed by atoms with Crippen LogP contribution in [0.5, 0.6) is 0 Å². The van der Waals surface area contributed by atoms with Crippen LogP contribution in [0.4, 0.5) is 0 Å². The molecule has 1 unspecified atom stereocenters. The van der Waals surface area contributed by atoms with Gasteiger partial charge in [-0.1, -0.05) is 0 Å². The molecule has 150 valence electrons. The minimum absolute atomic E-state index is 0.0810. The van der Waals surface area contributed by atoms with Crippen LogP contribution in [0, 0.1) is 5.92 Å². The van der Waals surface area contributed by atoms with Crippen LogP contribution in [-0.4, -0.2) is 29.5 Å². The van der Waals surface area contributed by atoms with Gasteiger partial charge in [-0.25, -0.2) is 0 Å². The molecule has 0 amide bonds. The molecule has 26 heavy (non-hydrogen) atoms. The van der Waals surface area contributed by atoms with E-state index in [9.17, 15) is 4.79 Å². The van der Waals surface area contributed by atoms with Crippen molar-refractivity contribution >= 4 is 24.3 Å². The first-order valence-corrected chi connectivity index (χ1v) is 18.4. The third-order valence-electron chi connectivity index (χ3n) is 5.08. The molecule has 0 saturated carbocycles. The van der Waals surface area contributed by atoms with Gasteiger partial charge in [-0.15, -0.1) is 0 Å². The van der Waals surface area contributed by atoms with Gasteiger partial charge in [0.15, 0.2) is 0 Å². The van der Waals surface area contributed by atoms with Crippen molar-refractivity contribution in [1.82, 2.24) is 0 Å². The van der Waals surface area contributed by atoms with Gasteiger partial charge in [0.05, 0.1) is 0 Å². The second-order valence-corrected chi connectivity index (χ2v) is 20.9. The molecule has 0 aromatic carbocycles. The fourth-order valence-corrected chi connectivity index (χ4v) is 17.7. The zero-order valence-corrected chi connectivity index (χ0v) is 20.7. The van der Waals surface area contributed by atoms with Gasteiger partial charge in [0.25, 0.3) is 0 Å². The Balaban J connectivity index is 5.08. The molecular formula is C23H42O2Sn. The second-order valence-electron chi connectivity index (χ2n) is 7.88. The Morgan fingerprint density at radius 2 is 1.50 bits per heavy atom. The summed E-state index contributed by atoms with van der Waals surface area (Å²) in [7, 11) is 0. The molecule has 3 heteroatoms. The first-order chi connectivity index (χ1) is 12.4. The molecule has 1 atom stereocenters. The third-order valence-corrected chi connectivity index (χ3v) is 19.1. The molecule has 2 nitrogen and oxygen atoms in total. The van der Waals surface area contributed by atoms with Crippen molar-refractivity contribution in [2.45, 2.75) is 92.9 Å². The zero-order chi connectivity index (χ0) is 19.8. The van der Waals surface area contributed by atoms with Crippen LogP contribution < -0.4 is 0 Å². The first-order valence-electron chi connectivity index (χ1n) is 10.6. The Morgan fingerprint density at radius 3 is 1.92 bits per heavy atom. The van der Waals surface area contributed by atoms with Crippen LogP contribution >= 0.6 is 0 Å². The molecule has 1 N–H and O–H groups in total. The average molecular weight is 469 g/mol. The fourth-order valence-electron chi connectivity index (χ4n) is 3.32. The summed E-state index contributed by atoms with van der Waals surface area (Å²) in [5, 5.41) is 8.83. The van der Waals surface area contributed by atoms with Crippen LogP contribution in [0.3, 0.4) is 0 Å². The average Bonchev–Trinajstić information content (AvgIpc) is 2.60. The van der Waals surface area contributed by atoms with E-state index in [0.29, 0.717) is 0 Å². The van der Waals surface area contributed by atoms with E-state index in [4.69, 9.17) is 5.11 Å². The predicted molar refractivity (Wildman–Crippen MR) is 118 cm³/mol. The third kappa shape index (κ3) is 12.8. The summed E-state index contributed by atoms with van der Waals surface area (Å²) in [6.45, 7) is 11.1. The van der Waals surface area contributed by atoms with E-state index in [2.05, 4.69) is 43.9 Å². The van der Waals surface area contributed by atoms with Gasteiger partial charge >= 0.3 is 167 Å². The molecule has 0 aliphatic carbocycles. The van der Waals surface area contributed by atoms with Crippen LogP contribution in [0.1, 0.15) is 79.6 Å². The van der Waals surface area contributed by atoms with E-state index in [1.807, 2.05) is 19.1 Å². The van der Waals surface area contributed by atoms with Crippen molar-refractivity contribution in [2.75, 3.05) is 0 Å². The molecular weight excluding hydrogens is 427 g/mol. The van der Waals surface area contributed by atoms with E-state index in [1.165, 1.54) is 57.4 Å². The van der Waals surface area contributed by atoms with Crippen LogP contribution in [0.25, 0.3) is 0 Å². The molecule has 0 rings (SSSR count). The minimum atomic E-state index is -2.18. The maximum atomic E-state index is 10.7. The summed E-state index contributed by atoms with van der Waals surface area (Å²) in [6, 6.07) is 0. The second kappa shape index (κ2) is 15.5. The van der Waals surface area contributed by atoms with Crippen LogP contribution in [-0.2, 0) is 4.79 Å². The van der Waals surface area contributed by atoms with Crippen molar-refractivity contribution < 1.29 is 9.90 Å². The van der Waals surface area contributed by atoms with Gasteiger partial charge in [-0.05, 0) is 0 Å². The number of allylic oxidation sites excluding steroid dienone is 5. The van der Waals surface area contributed by atoms with E-state index in [0.717, 1.165) is 0 Å². The molecule has 0 heterocycles. The Labute approximate surface area is 166 Å². The number of hydrogen-bond acceptors (Lipinski definition) is 1. The summed E-state index contributed by atoms with van der Waals surface area (Å²) in [5.74, 6) is -0.651. The topological polar surface area (TPSA) is 37.3 Å². The number of carbonyl (C=O) groups is 1. The molecule has 0 aromatic rings. The van der Waals surface area contributed by atoms with Gasteiger partial charge in [0.2, 0.25) is 0 Å². The van der Waals surface area contributed by atoms with Crippen molar-refractivity contribution in [3.05, 3.63) is 34.0 Å². The maximum absolute atomic E-state index is 10.7. The van der Waals surface area contributed by atoms with E-state index in [1.54, 1.807) is 0 Å². The standard InChI is InChI=1S/C11H15O2.3C4H9.Sn/c1-4-9(2)6-5-7-10(3)8-11(12)13;3*1-3-4-2;/h1,4-7,10H,8H2,2-3H3,(H,12,13);3*1,3-4H2,2H3;/b4-1?,7-5-,9-6-;;;;. The van der Waals surface area contributed by atoms with Crippen molar-refractivity contribution in [3.8, 4) is 0 Å². The Kier molecular flexibility index (Phi) is 15.2. The van der Waals surface area contributed by atoms with E-state index in [-0.39, 0.29) is 12.3 Å². The monoisotopic (exact) mass is 470 g/mol. The number of hydrogen-bond donors (Lipinski definition) is 1.